The number of esters is 1. The van der Waals surface area contributed by atoms with Gasteiger partial charge in [0, 0.05) is 0 Å². The second kappa shape index (κ2) is 2.81. The number of ether oxygens (including phenoxy) is 2. The Morgan fingerprint density at radius 3 is 2.55 bits per heavy atom. The highest BCUT2D eigenvalue weighted by molar-refractivity contribution is 5.70. The van der Waals surface area contributed by atoms with Crippen LogP contribution in [0.25, 0.3) is 0 Å². The van der Waals surface area contributed by atoms with Crippen LogP contribution in [-0.4, -0.2) is 24.3 Å². The van der Waals surface area contributed by atoms with Gasteiger partial charge in [0.2, 0.25) is 0 Å². The highest BCUT2D eigenvalue weighted by atomic mass is 16.6. The van der Waals surface area contributed by atoms with Gasteiger partial charge in [0.05, 0.1) is 19.1 Å². The molecule has 3 nitrogen and oxygen atoms in total. The average Bonchev–Trinajstić information content (AvgIpc) is 2.42. The van der Waals surface area contributed by atoms with Crippen LogP contribution in [0.3, 0.4) is 0 Å². The molecule has 1 aliphatic heterocycles. The maximum absolute atomic E-state index is 11.0. The molecule has 11 heavy (non-hydrogen) atoms. The fourth-order valence-electron chi connectivity index (χ4n) is 0.755. The summed E-state index contributed by atoms with van der Waals surface area (Å²) in [4.78, 5) is 11.0. The molecule has 0 radical (unpaired) electrons. The van der Waals surface area contributed by atoms with Gasteiger partial charge in [0.1, 0.15) is 5.60 Å². The quantitative estimate of drug-likeness (QED) is 0.446. The lowest BCUT2D eigenvalue weighted by molar-refractivity contribution is -0.155. The van der Waals surface area contributed by atoms with Gasteiger partial charge in [-0.25, -0.2) is 0 Å². The number of hydrogen-bond donors (Lipinski definition) is 0. The van der Waals surface area contributed by atoms with Crippen molar-refractivity contribution in [1.82, 2.24) is 0 Å². The van der Waals surface area contributed by atoms with Crippen molar-refractivity contribution in [2.75, 3.05) is 6.61 Å². The van der Waals surface area contributed by atoms with E-state index < -0.39 is 0 Å². The summed E-state index contributed by atoms with van der Waals surface area (Å²) in [6.45, 7) is 6.29. The number of rotatable bonds is 2. The Hall–Kier alpha value is -0.570. The Morgan fingerprint density at radius 2 is 2.18 bits per heavy atom. The van der Waals surface area contributed by atoms with Crippen LogP contribution >= 0.6 is 0 Å². The summed E-state index contributed by atoms with van der Waals surface area (Å²) in [5, 5.41) is 0. The van der Waals surface area contributed by atoms with Gasteiger partial charge in [-0.15, -0.1) is 0 Å². The minimum Gasteiger partial charge on any atom is -0.460 e. The van der Waals surface area contributed by atoms with E-state index in [1.54, 1.807) is 0 Å². The third-order valence-corrected chi connectivity index (χ3v) is 1.22. The molecule has 0 aromatic carbocycles. The molecule has 0 aliphatic carbocycles. The van der Waals surface area contributed by atoms with Gasteiger partial charge in [0.15, 0.2) is 0 Å². The van der Waals surface area contributed by atoms with Crippen molar-refractivity contribution < 1.29 is 14.3 Å². The SMILES string of the molecule is CC(C)(C)OC(=O)CC1CO1. The largest absolute Gasteiger partial charge is 0.460 e. The summed E-state index contributed by atoms with van der Waals surface area (Å²) in [7, 11) is 0. The zero-order chi connectivity index (χ0) is 8.48. The summed E-state index contributed by atoms with van der Waals surface area (Å²) < 4.78 is 9.96. The van der Waals surface area contributed by atoms with Crippen LogP contribution in [0, 0.1) is 0 Å². The van der Waals surface area contributed by atoms with Crippen molar-refractivity contribution in [3.8, 4) is 0 Å². The van der Waals surface area contributed by atoms with Gasteiger partial charge in [-0.1, -0.05) is 0 Å². The van der Waals surface area contributed by atoms with Gasteiger partial charge in [-0.3, -0.25) is 4.79 Å². The molecule has 1 aliphatic rings. The molecule has 0 spiro atoms. The molecule has 64 valence electrons. The lowest BCUT2D eigenvalue weighted by atomic mass is 10.2. The molecule has 3 heteroatoms. The van der Waals surface area contributed by atoms with Crippen molar-refractivity contribution in [1.29, 1.82) is 0 Å². The Bertz CT molecular complexity index is 153. The predicted octanol–water partition coefficient (Wildman–Crippen LogP) is 1.12. The standard InChI is InChI=1S/C8H14O3/c1-8(2,3)11-7(9)4-6-5-10-6/h6H,4-5H2,1-3H3. The van der Waals surface area contributed by atoms with E-state index in [4.69, 9.17) is 9.47 Å². The van der Waals surface area contributed by atoms with E-state index in [9.17, 15) is 4.79 Å². The Balaban J connectivity index is 2.19. The first-order valence-corrected chi connectivity index (χ1v) is 3.81. The van der Waals surface area contributed by atoms with Crippen molar-refractivity contribution in [2.24, 2.45) is 0 Å². The molecular weight excluding hydrogens is 144 g/mol. The van der Waals surface area contributed by atoms with Crippen LogP contribution in [0.1, 0.15) is 27.2 Å². The topological polar surface area (TPSA) is 38.8 Å². The summed E-state index contributed by atoms with van der Waals surface area (Å²) in [6.07, 6.45) is 0.530. The monoisotopic (exact) mass is 158 g/mol. The molecule has 0 bridgehead atoms. The second-order valence-corrected chi connectivity index (χ2v) is 3.75. The van der Waals surface area contributed by atoms with Crippen molar-refractivity contribution in [2.45, 2.75) is 38.9 Å². The molecular formula is C8H14O3. The van der Waals surface area contributed by atoms with Crippen LogP contribution in [0.5, 0.6) is 0 Å². The van der Waals surface area contributed by atoms with Gasteiger partial charge < -0.3 is 9.47 Å². The summed E-state index contributed by atoms with van der Waals surface area (Å²) in [5.41, 5.74) is -0.369. The molecule has 1 rings (SSSR count). The Labute approximate surface area is 66.7 Å². The predicted molar refractivity (Wildman–Crippen MR) is 40.2 cm³/mol. The minimum atomic E-state index is -0.369. The number of carbonyl (C=O) groups is 1. The van der Waals surface area contributed by atoms with Crippen LogP contribution in [-0.2, 0) is 14.3 Å². The first-order valence-electron chi connectivity index (χ1n) is 3.81. The third-order valence-electron chi connectivity index (χ3n) is 1.22. The zero-order valence-electron chi connectivity index (χ0n) is 7.22. The van der Waals surface area contributed by atoms with Crippen LogP contribution in [0.15, 0.2) is 0 Å². The molecule has 0 aromatic rings. The molecule has 0 N–H and O–H groups in total. The Kier molecular flexibility index (Phi) is 2.18. The fraction of sp³-hybridized carbons (Fsp3) is 0.875. The van der Waals surface area contributed by atoms with Crippen molar-refractivity contribution >= 4 is 5.97 Å². The van der Waals surface area contributed by atoms with Gasteiger partial charge in [-0.2, -0.15) is 0 Å². The number of carbonyl (C=O) groups excluding carboxylic acids is 1. The molecule has 0 amide bonds. The van der Waals surface area contributed by atoms with Crippen molar-refractivity contribution in [3.05, 3.63) is 0 Å². The third kappa shape index (κ3) is 3.98. The van der Waals surface area contributed by atoms with E-state index in [-0.39, 0.29) is 17.7 Å². The van der Waals surface area contributed by atoms with E-state index in [1.807, 2.05) is 20.8 Å². The van der Waals surface area contributed by atoms with E-state index in [0.29, 0.717) is 13.0 Å². The van der Waals surface area contributed by atoms with Gasteiger partial charge in [-0.05, 0) is 20.8 Å². The van der Waals surface area contributed by atoms with Crippen LogP contribution in [0.4, 0.5) is 0 Å². The molecule has 1 unspecified atom stereocenters. The van der Waals surface area contributed by atoms with Gasteiger partial charge in [0.25, 0.3) is 0 Å². The lowest BCUT2D eigenvalue weighted by Crippen LogP contribution is -2.24. The van der Waals surface area contributed by atoms with Crippen LogP contribution < -0.4 is 0 Å². The molecule has 0 saturated carbocycles. The minimum absolute atomic E-state index is 0.129. The molecule has 1 saturated heterocycles. The van der Waals surface area contributed by atoms with Crippen molar-refractivity contribution in [3.63, 3.8) is 0 Å². The van der Waals surface area contributed by atoms with E-state index in [2.05, 4.69) is 0 Å². The lowest BCUT2D eigenvalue weighted by Gasteiger charge is -2.18. The summed E-state index contributed by atoms with van der Waals surface area (Å²) in [5.74, 6) is -0.167. The van der Waals surface area contributed by atoms with Gasteiger partial charge >= 0.3 is 5.97 Å². The molecule has 1 heterocycles. The normalized spacial score (nSPS) is 23.0. The van der Waals surface area contributed by atoms with E-state index in [0.717, 1.165) is 0 Å². The number of epoxide rings is 1. The number of hydrogen-bond acceptors (Lipinski definition) is 3. The maximum atomic E-state index is 11.0. The first-order chi connectivity index (χ1) is 4.97. The Morgan fingerprint density at radius 1 is 1.64 bits per heavy atom. The highest BCUT2D eigenvalue weighted by Crippen LogP contribution is 2.16. The van der Waals surface area contributed by atoms with E-state index >= 15 is 0 Å². The summed E-state index contributed by atoms with van der Waals surface area (Å²) in [6, 6.07) is 0. The summed E-state index contributed by atoms with van der Waals surface area (Å²) >= 11 is 0. The first kappa shape index (κ1) is 8.53. The fourth-order valence-corrected chi connectivity index (χ4v) is 0.755. The molecule has 1 atom stereocenters. The average molecular weight is 158 g/mol. The molecule has 0 aromatic heterocycles. The highest BCUT2D eigenvalue weighted by Gasteiger charge is 2.28. The van der Waals surface area contributed by atoms with Crippen LogP contribution in [0.2, 0.25) is 0 Å². The van der Waals surface area contributed by atoms with E-state index in [1.165, 1.54) is 0 Å². The zero-order valence-corrected chi connectivity index (χ0v) is 7.22. The maximum Gasteiger partial charge on any atom is 0.309 e. The molecule has 1 fully saturated rings. The smallest absolute Gasteiger partial charge is 0.309 e. The second-order valence-electron chi connectivity index (χ2n) is 3.75.